The fraction of sp³-hybridized carbons (Fsp3) is 0.684. The van der Waals surface area contributed by atoms with Gasteiger partial charge in [0.15, 0.2) is 0 Å². The number of fused-ring (bicyclic) bond motifs is 3. The summed E-state index contributed by atoms with van der Waals surface area (Å²) in [6.07, 6.45) is 6.66. The lowest BCUT2D eigenvalue weighted by molar-refractivity contribution is 0.0711. The van der Waals surface area contributed by atoms with Gasteiger partial charge in [0.2, 0.25) is 0 Å². The third-order valence-electron chi connectivity index (χ3n) is 6.17. The summed E-state index contributed by atoms with van der Waals surface area (Å²) in [5.41, 5.74) is 3.43. The van der Waals surface area contributed by atoms with E-state index in [1.165, 1.54) is 32.1 Å². The van der Waals surface area contributed by atoms with Gasteiger partial charge in [-0.2, -0.15) is 0 Å². The largest absolute Gasteiger partial charge is 0.497 e. The topological polar surface area (TPSA) is 12.5 Å². The van der Waals surface area contributed by atoms with Crippen molar-refractivity contribution in [1.29, 1.82) is 0 Å². The summed E-state index contributed by atoms with van der Waals surface area (Å²) in [6, 6.07) is 7.45. The van der Waals surface area contributed by atoms with Crippen LogP contribution in [-0.4, -0.2) is 31.6 Å². The first-order valence-electron chi connectivity index (χ1n) is 8.47. The normalized spacial score (nSPS) is 30.2. The van der Waals surface area contributed by atoms with Crippen LogP contribution in [0.2, 0.25) is 0 Å². The van der Waals surface area contributed by atoms with Gasteiger partial charge in [-0.25, -0.2) is 0 Å². The second kappa shape index (κ2) is 6.92. The minimum Gasteiger partial charge on any atom is -0.497 e. The van der Waals surface area contributed by atoms with E-state index in [-0.39, 0.29) is 17.0 Å². The van der Waals surface area contributed by atoms with Gasteiger partial charge in [0, 0.05) is 6.04 Å². The van der Waals surface area contributed by atoms with Gasteiger partial charge < -0.3 is 9.64 Å². The molecule has 0 aliphatic heterocycles. The molecule has 3 atom stereocenters. The number of ether oxygens (including phenoxy) is 1. The summed E-state index contributed by atoms with van der Waals surface area (Å²) in [7, 11) is 4.08. The molecule has 0 radical (unpaired) electrons. The second-order valence-electron chi connectivity index (χ2n) is 7.14. The van der Waals surface area contributed by atoms with Crippen LogP contribution in [0.25, 0.3) is 0 Å². The molecule has 2 nitrogen and oxygen atoms in total. The zero-order valence-corrected chi connectivity index (χ0v) is 16.1. The Morgan fingerprint density at radius 1 is 1.32 bits per heavy atom. The molecule has 0 N–H and O–H groups in total. The van der Waals surface area contributed by atoms with E-state index in [1.807, 2.05) is 0 Å². The predicted octanol–water partition coefficient (Wildman–Crippen LogP) is 4.60. The molecule has 0 aromatic heterocycles. The molecule has 0 heterocycles. The van der Waals surface area contributed by atoms with Gasteiger partial charge >= 0.3 is 0 Å². The maximum absolute atomic E-state index is 5.49. The first-order chi connectivity index (χ1) is 10.1. The van der Waals surface area contributed by atoms with Crippen LogP contribution in [0.4, 0.5) is 0 Å². The molecular formula is C19H30BrNO. The third kappa shape index (κ3) is 2.82. The fourth-order valence-corrected chi connectivity index (χ4v) is 4.77. The van der Waals surface area contributed by atoms with Crippen LogP contribution in [0, 0.1) is 5.92 Å². The zero-order valence-electron chi connectivity index (χ0n) is 14.4. The Morgan fingerprint density at radius 3 is 2.77 bits per heavy atom. The van der Waals surface area contributed by atoms with Crippen LogP contribution >= 0.6 is 17.0 Å². The van der Waals surface area contributed by atoms with Gasteiger partial charge in [-0.3, -0.25) is 0 Å². The number of likely N-dealkylation sites (N-methyl/N-ethyl adjacent to an activating group) is 1. The van der Waals surface area contributed by atoms with E-state index in [1.54, 1.807) is 18.2 Å². The summed E-state index contributed by atoms with van der Waals surface area (Å²) in [6.45, 7) is 5.93. The molecule has 0 amide bonds. The summed E-state index contributed by atoms with van der Waals surface area (Å²) in [5, 5.41) is 0. The molecule has 2 aliphatic carbocycles. The van der Waals surface area contributed by atoms with E-state index in [2.05, 4.69) is 44.0 Å². The van der Waals surface area contributed by atoms with Crippen molar-refractivity contribution in [3.8, 4) is 5.75 Å². The van der Waals surface area contributed by atoms with Crippen LogP contribution in [0.3, 0.4) is 0 Å². The highest BCUT2D eigenvalue weighted by atomic mass is 79.9. The zero-order chi connectivity index (χ0) is 15.0. The number of halogens is 1. The Labute approximate surface area is 146 Å². The molecule has 124 valence electrons. The SMILES string of the molecule is Br.CCN(C)[C@@H]1Cc2ccc(OC)cc2[C@@]2(C)CCCC[C@@H]12. The molecule has 0 unspecified atom stereocenters. The highest BCUT2D eigenvalue weighted by molar-refractivity contribution is 8.93. The number of methoxy groups -OCH3 is 1. The Bertz CT molecular complexity index is 518. The van der Waals surface area contributed by atoms with E-state index < -0.39 is 0 Å². The van der Waals surface area contributed by atoms with Gasteiger partial charge in [-0.05, 0) is 67.4 Å². The molecule has 3 heteroatoms. The summed E-state index contributed by atoms with van der Waals surface area (Å²) < 4.78 is 5.49. The van der Waals surface area contributed by atoms with E-state index in [4.69, 9.17) is 4.74 Å². The first kappa shape index (κ1) is 17.8. The number of benzene rings is 1. The second-order valence-corrected chi connectivity index (χ2v) is 7.14. The van der Waals surface area contributed by atoms with Crippen molar-refractivity contribution in [1.82, 2.24) is 4.90 Å². The van der Waals surface area contributed by atoms with Crippen molar-refractivity contribution in [3.05, 3.63) is 29.3 Å². The molecular weight excluding hydrogens is 338 g/mol. The molecule has 0 spiro atoms. The smallest absolute Gasteiger partial charge is 0.119 e. The van der Waals surface area contributed by atoms with Crippen LogP contribution in [0.1, 0.15) is 50.7 Å². The van der Waals surface area contributed by atoms with Crippen molar-refractivity contribution >= 4 is 17.0 Å². The molecule has 0 saturated heterocycles. The lowest BCUT2D eigenvalue weighted by Crippen LogP contribution is -2.53. The van der Waals surface area contributed by atoms with Crippen molar-refractivity contribution in [2.24, 2.45) is 5.92 Å². The van der Waals surface area contributed by atoms with Gasteiger partial charge in [0.25, 0.3) is 0 Å². The van der Waals surface area contributed by atoms with E-state index >= 15 is 0 Å². The highest BCUT2D eigenvalue weighted by Crippen LogP contribution is 2.51. The van der Waals surface area contributed by atoms with Crippen molar-refractivity contribution in [2.75, 3.05) is 20.7 Å². The van der Waals surface area contributed by atoms with Crippen molar-refractivity contribution < 1.29 is 4.74 Å². The standard InChI is InChI=1S/C19H29NO.BrH/c1-5-20(3)18-12-14-9-10-15(21-4)13-17(14)19(2)11-7-6-8-16(18)19;/h9-10,13,16,18H,5-8,11-12H2,1-4H3;1H/t16-,18+,19-;/m0./s1. The van der Waals surface area contributed by atoms with Gasteiger partial charge in [0.1, 0.15) is 5.75 Å². The molecule has 0 bridgehead atoms. The molecule has 2 aliphatic rings. The van der Waals surface area contributed by atoms with Crippen LogP contribution < -0.4 is 4.74 Å². The Kier molecular flexibility index (Phi) is 5.60. The minimum absolute atomic E-state index is 0. The maximum Gasteiger partial charge on any atom is 0.119 e. The minimum atomic E-state index is 0. The van der Waals surface area contributed by atoms with E-state index in [0.717, 1.165) is 18.2 Å². The Hall–Kier alpha value is -0.540. The van der Waals surface area contributed by atoms with Crippen LogP contribution in [-0.2, 0) is 11.8 Å². The van der Waals surface area contributed by atoms with E-state index in [0.29, 0.717) is 11.5 Å². The molecule has 3 rings (SSSR count). The highest BCUT2D eigenvalue weighted by Gasteiger charge is 2.47. The summed E-state index contributed by atoms with van der Waals surface area (Å²) in [5.74, 6) is 1.80. The lowest BCUT2D eigenvalue weighted by atomic mass is 9.56. The summed E-state index contributed by atoms with van der Waals surface area (Å²) in [4.78, 5) is 2.57. The molecule has 1 saturated carbocycles. The third-order valence-corrected chi connectivity index (χ3v) is 6.17. The Morgan fingerprint density at radius 2 is 2.09 bits per heavy atom. The molecule has 1 aromatic carbocycles. The van der Waals surface area contributed by atoms with E-state index in [9.17, 15) is 0 Å². The molecule has 1 fully saturated rings. The first-order valence-corrected chi connectivity index (χ1v) is 8.47. The lowest BCUT2D eigenvalue weighted by Gasteiger charge is -2.52. The number of hydrogen-bond donors (Lipinski definition) is 0. The number of hydrogen-bond acceptors (Lipinski definition) is 2. The van der Waals surface area contributed by atoms with Crippen LogP contribution in [0.15, 0.2) is 18.2 Å². The van der Waals surface area contributed by atoms with Gasteiger partial charge in [-0.1, -0.05) is 32.8 Å². The van der Waals surface area contributed by atoms with Gasteiger partial charge in [-0.15, -0.1) is 17.0 Å². The maximum atomic E-state index is 5.49. The van der Waals surface area contributed by atoms with Gasteiger partial charge in [0.05, 0.1) is 7.11 Å². The Balaban J connectivity index is 0.00000176. The molecule has 1 aromatic rings. The average Bonchev–Trinajstić information content (AvgIpc) is 2.52. The molecule has 22 heavy (non-hydrogen) atoms. The summed E-state index contributed by atoms with van der Waals surface area (Å²) >= 11 is 0. The number of nitrogens with zero attached hydrogens (tertiary/aromatic N) is 1. The van der Waals surface area contributed by atoms with Crippen molar-refractivity contribution in [3.63, 3.8) is 0 Å². The monoisotopic (exact) mass is 367 g/mol. The number of rotatable bonds is 3. The van der Waals surface area contributed by atoms with Crippen molar-refractivity contribution in [2.45, 2.75) is 57.4 Å². The van der Waals surface area contributed by atoms with Crippen LogP contribution in [0.5, 0.6) is 5.75 Å². The average molecular weight is 368 g/mol. The fourth-order valence-electron chi connectivity index (χ4n) is 4.77. The quantitative estimate of drug-likeness (QED) is 0.773. The predicted molar refractivity (Wildman–Crippen MR) is 98.4 cm³/mol.